The maximum absolute atomic E-state index is 12.5. The van der Waals surface area contributed by atoms with Gasteiger partial charge in [0.15, 0.2) is 0 Å². The summed E-state index contributed by atoms with van der Waals surface area (Å²) in [6.07, 6.45) is 0.927. The number of aromatic nitrogens is 1. The first-order valence-corrected chi connectivity index (χ1v) is 7.34. The first-order valence-electron chi connectivity index (χ1n) is 7.34. The zero-order valence-corrected chi connectivity index (χ0v) is 12.8. The average molecular weight is 293 g/mol. The van der Waals surface area contributed by atoms with Gasteiger partial charge in [-0.1, -0.05) is 0 Å². The monoisotopic (exact) mass is 293 g/mol. The van der Waals surface area contributed by atoms with E-state index >= 15 is 0 Å². The van der Waals surface area contributed by atoms with Crippen LogP contribution in [-0.4, -0.2) is 63.6 Å². The summed E-state index contributed by atoms with van der Waals surface area (Å²) < 4.78 is 1.95. The summed E-state index contributed by atoms with van der Waals surface area (Å²) in [5, 5.41) is 9.32. The zero-order valence-electron chi connectivity index (χ0n) is 12.8. The van der Waals surface area contributed by atoms with Crippen LogP contribution in [0.15, 0.2) is 18.3 Å². The molecule has 1 atom stereocenters. The molecule has 0 bridgehead atoms. The lowest BCUT2D eigenvalue weighted by molar-refractivity contribution is -0.140. The molecule has 1 fully saturated rings. The van der Waals surface area contributed by atoms with Gasteiger partial charge in [0.1, 0.15) is 11.8 Å². The second-order valence-electron chi connectivity index (χ2n) is 5.69. The molecule has 0 aromatic carbocycles. The fraction of sp³-hybridized carbons (Fsp3) is 0.600. The molecular formula is C15H23N3O3. The van der Waals surface area contributed by atoms with Crippen molar-refractivity contribution in [3.63, 3.8) is 0 Å². The molecule has 0 radical (unpaired) electrons. The molecule has 1 aromatic heterocycles. The van der Waals surface area contributed by atoms with Crippen molar-refractivity contribution in [3.05, 3.63) is 24.0 Å². The van der Waals surface area contributed by atoms with Gasteiger partial charge < -0.3 is 19.5 Å². The van der Waals surface area contributed by atoms with Crippen LogP contribution in [0, 0.1) is 0 Å². The molecule has 2 heterocycles. The third-order valence-electron chi connectivity index (χ3n) is 3.79. The highest BCUT2D eigenvalue weighted by molar-refractivity contribution is 5.93. The number of amides is 2. The van der Waals surface area contributed by atoms with Crippen molar-refractivity contribution in [2.24, 2.45) is 0 Å². The molecule has 2 rings (SSSR count). The van der Waals surface area contributed by atoms with Gasteiger partial charge in [-0.15, -0.1) is 0 Å². The van der Waals surface area contributed by atoms with E-state index in [1.807, 2.05) is 36.7 Å². The molecule has 1 aromatic rings. The Bertz CT molecular complexity index is 514. The minimum Gasteiger partial charge on any atom is -0.384 e. The van der Waals surface area contributed by atoms with Crippen LogP contribution in [0.25, 0.3) is 0 Å². The summed E-state index contributed by atoms with van der Waals surface area (Å²) in [4.78, 5) is 27.6. The lowest BCUT2D eigenvalue weighted by Crippen LogP contribution is -2.52. The molecule has 2 amide bonds. The molecule has 1 saturated heterocycles. The fourth-order valence-corrected chi connectivity index (χ4v) is 2.58. The number of carbonyl (C=O) groups is 2. The van der Waals surface area contributed by atoms with Crippen LogP contribution in [0.2, 0.25) is 0 Å². The summed E-state index contributed by atoms with van der Waals surface area (Å²) >= 11 is 0. The van der Waals surface area contributed by atoms with E-state index in [1.165, 1.54) is 6.92 Å². The Balaban J connectivity index is 2.00. The Labute approximate surface area is 124 Å². The maximum Gasteiger partial charge on any atom is 0.270 e. The summed E-state index contributed by atoms with van der Waals surface area (Å²) in [6.45, 7) is 7.48. The molecule has 1 N–H and O–H groups in total. The number of nitrogens with zero attached hydrogens (tertiary/aromatic N) is 3. The van der Waals surface area contributed by atoms with Gasteiger partial charge in [-0.2, -0.15) is 0 Å². The van der Waals surface area contributed by atoms with Crippen molar-refractivity contribution in [1.29, 1.82) is 0 Å². The van der Waals surface area contributed by atoms with Gasteiger partial charge >= 0.3 is 0 Å². The Hall–Kier alpha value is -1.82. The number of carbonyl (C=O) groups excluding carboxylic acids is 2. The molecule has 0 aliphatic carbocycles. The fourth-order valence-electron chi connectivity index (χ4n) is 2.58. The average Bonchev–Trinajstić information content (AvgIpc) is 2.95. The zero-order chi connectivity index (χ0) is 15.6. The standard InChI is InChI=1S/C15H23N3O3/c1-11(2)18-6-4-5-13(18)15(21)17-9-7-16(8-10-17)14(20)12(3)19/h4-6,11-12,19H,7-10H2,1-3H3. The molecule has 1 unspecified atom stereocenters. The van der Waals surface area contributed by atoms with Crippen molar-refractivity contribution in [2.75, 3.05) is 26.2 Å². The van der Waals surface area contributed by atoms with E-state index in [2.05, 4.69) is 0 Å². The van der Waals surface area contributed by atoms with Crippen LogP contribution in [0.4, 0.5) is 0 Å². The van der Waals surface area contributed by atoms with Crippen LogP contribution >= 0.6 is 0 Å². The third kappa shape index (κ3) is 3.26. The topological polar surface area (TPSA) is 65.8 Å². The summed E-state index contributed by atoms with van der Waals surface area (Å²) in [6, 6.07) is 3.94. The van der Waals surface area contributed by atoms with Gasteiger partial charge in [-0.05, 0) is 32.9 Å². The largest absolute Gasteiger partial charge is 0.384 e. The lowest BCUT2D eigenvalue weighted by Gasteiger charge is -2.35. The minimum absolute atomic E-state index is 0.00199. The second-order valence-corrected chi connectivity index (χ2v) is 5.69. The Kier molecular flexibility index (Phi) is 4.67. The summed E-state index contributed by atoms with van der Waals surface area (Å²) in [5.41, 5.74) is 0.681. The van der Waals surface area contributed by atoms with Gasteiger partial charge in [0.05, 0.1) is 0 Å². The van der Waals surface area contributed by atoms with E-state index < -0.39 is 6.10 Å². The van der Waals surface area contributed by atoms with Gasteiger partial charge in [0, 0.05) is 38.4 Å². The Morgan fingerprint density at radius 3 is 2.19 bits per heavy atom. The Morgan fingerprint density at radius 2 is 1.67 bits per heavy atom. The van der Waals surface area contributed by atoms with E-state index in [-0.39, 0.29) is 17.9 Å². The first-order chi connectivity index (χ1) is 9.91. The first kappa shape index (κ1) is 15.6. The minimum atomic E-state index is -0.981. The van der Waals surface area contributed by atoms with Crippen LogP contribution in [-0.2, 0) is 4.79 Å². The van der Waals surface area contributed by atoms with Gasteiger partial charge in [0.2, 0.25) is 0 Å². The summed E-state index contributed by atoms with van der Waals surface area (Å²) in [5.74, 6) is -0.273. The normalized spacial score (nSPS) is 17.2. The molecule has 6 nitrogen and oxygen atoms in total. The lowest BCUT2D eigenvalue weighted by atomic mass is 10.2. The van der Waals surface area contributed by atoms with Crippen molar-refractivity contribution in [2.45, 2.75) is 32.9 Å². The van der Waals surface area contributed by atoms with E-state index in [9.17, 15) is 14.7 Å². The SMILES string of the molecule is CC(O)C(=O)N1CCN(C(=O)c2cccn2C(C)C)CC1. The predicted octanol–water partition coefficient (Wildman–Crippen LogP) is 0.734. The molecule has 6 heteroatoms. The van der Waals surface area contributed by atoms with E-state index in [1.54, 1.807) is 9.80 Å². The van der Waals surface area contributed by atoms with Crippen LogP contribution in [0.5, 0.6) is 0 Å². The van der Waals surface area contributed by atoms with E-state index in [0.29, 0.717) is 31.9 Å². The van der Waals surface area contributed by atoms with Gasteiger partial charge in [-0.3, -0.25) is 9.59 Å². The molecular weight excluding hydrogens is 270 g/mol. The highest BCUT2D eigenvalue weighted by Crippen LogP contribution is 2.15. The molecule has 0 saturated carbocycles. The smallest absolute Gasteiger partial charge is 0.270 e. The molecule has 0 spiro atoms. The molecule has 116 valence electrons. The van der Waals surface area contributed by atoms with Crippen LogP contribution < -0.4 is 0 Å². The Morgan fingerprint density at radius 1 is 1.10 bits per heavy atom. The van der Waals surface area contributed by atoms with E-state index in [4.69, 9.17) is 0 Å². The van der Waals surface area contributed by atoms with Crippen molar-refractivity contribution < 1.29 is 14.7 Å². The van der Waals surface area contributed by atoms with Crippen molar-refractivity contribution in [1.82, 2.24) is 14.4 Å². The number of hydrogen-bond donors (Lipinski definition) is 1. The number of aliphatic hydroxyl groups excluding tert-OH is 1. The third-order valence-corrected chi connectivity index (χ3v) is 3.79. The van der Waals surface area contributed by atoms with Crippen LogP contribution in [0.3, 0.4) is 0 Å². The predicted molar refractivity (Wildman–Crippen MR) is 79.0 cm³/mol. The number of aliphatic hydroxyl groups is 1. The van der Waals surface area contributed by atoms with Crippen molar-refractivity contribution in [3.8, 4) is 0 Å². The van der Waals surface area contributed by atoms with Gasteiger partial charge in [-0.25, -0.2) is 0 Å². The number of hydrogen-bond acceptors (Lipinski definition) is 3. The molecule has 21 heavy (non-hydrogen) atoms. The second kappa shape index (κ2) is 6.30. The number of rotatable bonds is 3. The quantitative estimate of drug-likeness (QED) is 0.893. The summed E-state index contributed by atoms with van der Waals surface area (Å²) in [7, 11) is 0. The highest BCUT2D eigenvalue weighted by atomic mass is 16.3. The molecule has 1 aliphatic heterocycles. The highest BCUT2D eigenvalue weighted by Gasteiger charge is 2.27. The molecule has 1 aliphatic rings. The van der Waals surface area contributed by atoms with Crippen LogP contribution in [0.1, 0.15) is 37.3 Å². The van der Waals surface area contributed by atoms with E-state index in [0.717, 1.165) is 0 Å². The van der Waals surface area contributed by atoms with Crippen molar-refractivity contribution >= 4 is 11.8 Å². The van der Waals surface area contributed by atoms with Gasteiger partial charge in [0.25, 0.3) is 11.8 Å². The number of piperazine rings is 1. The maximum atomic E-state index is 12.5.